The Balaban J connectivity index is 2.23. The molecule has 2 atom stereocenters. The normalized spacial score (nSPS) is 26.8. The molecule has 2 rings (SSSR count). The highest BCUT2D eigenvalue weighted by Gasteiger charge is 2.24. The second-order valence-electron chi connectivity index (χ2n) is 4.58. The van der Waals surface area contributed by atoms with Crippen molar-refractivity contribution < 1.29 is 5.11 Å². The van der Waals surface area contributed by atoms with Gasteiger partial charge in [0.05, 0.1) is 6.10 Å². The minimum Gasteiger partial charge on any atom is -0.393 e. The summed E-state index contributed by atoms with van der Waals surface area (Å²) >= 11 is 0. The van der Waals surface area contributed by atoms with Gasteiger partial charge in [0.25, 0.3) is 0 Å². The lowest BCUT2D eigenvalue weighted by molar-refractivity contribution is 0.181. The third-order valence-corrected chi connectivity index (χ3v) is 3.12. The van der Waals surface area contributed by atoms with Crippen LogP contribution in [-0.2, 0) is 0 Å². The summed E-state index contributed by atoms with van der Waals surface area (Å²) in [6.45, 7) is 4.28. The lowest BCUT2D eigenvalue weighted by Crippen LogP contribution is -2.00. The Morgan fingerprint density at radius 2 is 1.71 bits per heavy atom. The smallest absolute Gasteiger partial charge is 0.0546 e. The van der Waals surface area contributed by atoms with Crippen LogP contribution in [0.15, 0.2) is 18.2 Å². The Bertz CT molecular complexity index is 310. The first kappa shape index (κ1) is 9.72. The van der Waals surface area contributed by atoms with Gasteiger partial charge in [0.15, 0.2) is 0 Å². The average molecular weight is 190 g/mol. The topological polar surface area (TPSA) is 20.2 Å². The van der Waals surface area contributed by atoms with Gasteiger partial charge in [0.1, 0.15) is 0 Å². The number of aryl methyl sites for hydroxylation is 2. The maximum Gasteiger partial charge on any atom is 0.0546 e. The molecule has 1 fully saturated rings. The monoisotopic (exact) mass is 190 g/mol. The Labute approximate surface area is 85.8 Å². The lowest BCUT2D eigenvalue weighted by Gasteiger charge is -2.11. The molecule has 2 unspecified atom stereocenters. The highest BCUT2D eigenvalue weighted by Crippen LogP contribution is 2.34. The molecule has 0 aromatic heterocycles. The van der Waals surface area contributed by atoms with E-state index in [1.165, 1.54) is 16.7 Å². The van der Waals surface area contributed by atoms with E-state index in [9.17, 15) is 5.11 Å². The molecule has 0 bridgehead atoms. The highest BCUT2D eigenvalue weighted by atomic mass is 16.3. The molecule has 1 aromatic rings. The Hall–Kier alpha value is -0.820. The lowest BCUT2D eigenvalue weighted by atomic mass is 9.94. The molecular formula is C13H18O. The van der Waals surface area contributed by atoms with Gasteiger partial charge in [-0.2, -0.15) is 0 Å². The molecule has 0 spiro atoms. The number of benzene rings is 1. The average Bonchev–Trinajstić information content (AvgIpc) is 2.50. The van der Waals surface area contributed by atoms with Crippen LogP contribution in [0.4, 0.5) is 0 Å². The van der Waals surface area contributed by atoms with E-state index in [-0.39, 0.29) is 6.10 Å². The molecule has 1 saturated carbocycles. The fourth-order valence-electron chi connectivity index (χ4n) is 2.51. The minimum atomic E-state index is -0.0687. The van der Waals surface area contributed by atoms with Crippen molar-refractivity contribution in [3.63, 3.8) is 0 Å². The summed E-state index contributed by atoms with van der Waals surface area (Å²) in [4.78, 5) is 0. The summed E-state index contributed by atoms with van der Waals surface area (Å²) in [5, 5.41) is 9.50. The standard InChI is InChI=1S/C13H18O/c1-9-5-10(2)7-12(6-9)11-3-4-13(14)8-11/h5-7,11,13-14H,3-4,8H2,1-2H3. The van der Waals surface area contributed by atoms with Crippen LogP contribution >= 0.6 is 0 Å². The number of aliphatic hydroxyl groups excluding tert-OH is 1. The molecule has 0 radical (unpaired) electrons. The van der Waals surface area contributed by atoms with Gasteiger partial charge in [0, 0.05) is 0 Å². The van der Waals surface area contributed by atoms with Crippen molar-refractivity contribution in [2.24, 2.45) is 0 Å². The molecule has 1 aromatic carbocycles. The molecule has 1 aliphatic rings. The fraction of sp³-hybridized carbons (Fsp3) is 0.538. The van der Waals surface area contributed by atoms with E-state index in [2.05, 4.69) is 32.0 Å². The summed E-state index contributed by atoms with van der Waals surface area (Å²) in [7, 11) is 0. The van der Waals surface area contributed by atoms with Crippen LogP contribution in [0.25, 0.3) is 0 Å². The molecule has 0 saturated heterocycles. The predicted molar refractivity (Wildman–Crippen MR) is 58.5 cm³/mol. The van der Waals surface area contributed by atoms with Gasteiger partial charge in [-0.1, -0.05) is 29.3 Å². The maximum atomic E-state index is 9.50. The van der Waals surface area contributed by atoms with Crippen LogP contribution in [-0.4, -0.2) is 11.2 Å². The summed E-state index contributed by atoms with van der Waals surface area (Å²) in [5.74, 6) is 0.587. The molecule has 1 nitrogen and oxygen atoms in total. The van der Waals surface area contributed by atoms with Crippen molar-refractivity contribution >= 4 is 0 Å². The zero-order chi connectivity index (χ0) is 10.1. The van der Waals surface area contributed by atoms with E-state index in [1.54, 1.807) is 0 Å². The van der Waals surface area contributed by atoms with E-state index < -0.39 is 0 Å². The van der Waals surface area contributed by atoms with E-state index >= 15 is 0 Å². The van der Waals surface area contributed by atoms with Gasteiger partial charge < -0.3 is 5.11 Å². The third kappa shape index (κ3) is 1.98. The van der Waals surface area contributed by atoms with Crippen LogP contribution in [0.5, 0.6) is 0 Å². The Kier molecular flexibility index (Phi) is 2.60. The first-order valence-corrected chi connectivity index (χ1v) is 5.41. The first-order valence-electron chi connectivity index (χ1n) is 5.41. The van der Waals surface area contributed by atoms with Crippen molar-refractivity contribution in [1.82, 2.24) is 0 Å². The van der Waals surface area contributed by atoms with Crippen molar-refractivity contribution in [2.75, 3.05) is 0 Å². The fourth-order valence-corrected chi connectivity index (χ4v) is 2.51. The van der Waals surface area contributed by atoms with E-state index in [0.29, 0.717) is 5.92 Å². The summed E-state index contributed by atoms with van der Waals surface area (Å²) in [5.41, 5.74) is 4.09. The molecule has 0 aliphatic heterocycles. The molecule has 1 aliphatic carbocycles. The van der Waals surface area contributed by atoms with Crippen molar-refractivity contribution in [3.8, 4) is 0 Å². The van der Waals surface area contributed by atoms with E-state index in [0.717, 1.165) is 19.3 Å². The molecule has 1 heteroatoms. The Morgan fingerprint density at radius 3 is 2.21 bits per heavy atom. The molecule has 14 heavy (non-hydrogen) atoms. The largest absolute Gasteiger partial charge is 0.393 e. The van der Waals surface area contributed by atoms with Crippen LogP contribution in [0, 0.1) is 13.8 Å². The number of rotatable bonds is 1. The van der Waals surface area contributed by atoms with Gasteiger partial charge in [-0.25, -0.2) is 0 Å². The van der Waals surface area contributed by atoms with Crippen LogP contribution < -0.4 is 0 Å². The number of hydrogen-bond acceptors (Lipinski definition) is 1. The molecular weight excluding hydrogens is 172 g/mol. The maximum absolute atomic E-state index is 9.50. The van der Waals surface area contributed by atoms with Gasteiger partial charge in [-0.05, 0) is 44.6 Å². The van der Waals surface area contributed by atoms with Crippen molar-refractivity contribution in [3.05, 3.63) is 34.9 Å². The summed E-state index contributed by atoms with van der Waals surface area (Å²) < 4.78 is 0. The SMILES string of the molecule is Cc1cc(C)cc(C2CCC(O)C2)c1. The molecule has 0 amide bonds. The second kappa shape index (κ2) is 3.74. The van der Waals surface area contributed by atoms with Gasteiger partial charge in [-0.15, -0.1) is 0 Å². The van der Waals surface area contributed by atoms with Crippen LogP contribution in [0.1, 0.15) is 41.9 Å². The predicted octanol–water partition coefficient (Wildman–Crippen LogP) is 2.93. The van der Waals surface area contributed by atoms with E-state index in [4.69, 9.17) is 0 Å². The number of aliphatic hydroxyl groups is 1. The molecule has 1 N–H and O–H groups in total. The summed E-state index contributed by atoms with van der Waals surface area (Å²) in [6, 6.07) is 6.72. The minimum absolute atomic E-state index is 0.0687. The van der Waals surface area contributed by atoms with Crippen molar-refractivity contribution in [2.45, 2.75) is 45.1 Å². The van der Waals surface area contributed by atoms with Crippen LogP contribution in [0.3, 0.4) is 0 Å². The Morgan fingerprint density at radius 1 is 1.07 bits per heavy atom. The van der Waals surface area contributed by atoms with E-state index in [1.807, 2.05) is 0 Å². The second-order valence-corrected chi connectivity index (χ2v) is 4.58. The third-order valence-electron chi connectivity index (χ3n) is 3.12. The van der Waals surface area contributed by atoms with Crippen molar-refractivity contribution in [1.29, 1.82) is 0 Å². The first-order chi connectivity index (χ1) is 6.65. The van der Waals surface area contributed by atoms with Gasteiger partial charge in [-0.3, -0.25) is 0 Å². The zero-order valence-electron chi connectivity index (χ0n) is 8.96. The summed E-state index contributed by atoms with van der Waals surface area (Å²) in [6.07, 6.45) is 2.99. The highest BCUT2D eigenvalue weighted by molar-refractivity contribution is 5.31. The van der Waals surface area contributed by atoms with Gasteiger partial charge in [0.2, 0.25) is 0 Å². The quantitative estimate of drug-likeness (QED) is 0.722. The zero-order valence-corrected chi connectivity index (χ0v) is 8.96. The van der Waals surface area contributed by atoms with Gasteiger partial charge >= 0.3 is 0 Å². The number of hydrogen-bond donors (Lipinski definition) is 1. The molecule has 76 valence electrons. The molecule has 0 heterocycles. The van der Waals surface area contributed by atoms with Crippen LogP contribution in [0.2, 0.25) is 0 Å².